The molecular formula is C17H25ClFN3O3S. The summed E-state index contributed by atoms with van der Waals surface area (Å²) in [6.45, 7) is 2.26. The minimum absolute atomic E-state index is 0.157. The van der Waals surface area contributed by atoms with Crippen molar-refractivity contribution in [3.05, 3.63) is 29.0 Å². The number of amides is 1. The van der Waals surface area contributed by atoms with Crippen LogP contribution in [0.5, 0.6) is 0 Å². The van der Waals surface area contributed by atoms with E-state index in [1.165, 1.54) is 12.1 Å². The van der Waals surface area contributed by atoms with Crippen molar-refractivity contribution in [1.82, 2.24) is 10.2 Å². The number of hydrogen-bond acceptors (Lipinski definition) is 4. The zero-order valence-corrected chi connectivity index (χ0v) is 16.6. The molecule has 0 atom stereocenters. The van der Waals surface area contributed by atoms with Crippen LogP contribution in [-0.2, 0) is 14.8 Å². The smallest absolute Gasteiger partial charge is 0.240 e. The normalized spacial score (nSPS) is 16.5. The van der Waals surface area contributed by atoms with Crippen LogP contribution in [0.3, 0.4) is 0 Å². The fourth-order valence-corrected chi connectivity index (χ4v) is 4.02. The molecule has 0 aromatic heterocycles. The molecule has 1 N–H and O–H groups in total. The maximum absolute atomic E-state index is 13.3. The van der Waals surface area contributed by atoms with E-state index in [9.17, 15) is 17.6 Å². The van der Waals surface area contributed by atoms with Gasteiger partial charge in [-0.05, 0) is 63.5 Å². The van der Waals surface area contributed by atoms with Crippen LogP contribution in [0.1, 0.15) is 19.3 Å². The minimum atomic E-state index is -3.71. The second-order valence-corrected chi connectivity index (χ2v) is 9.07. The molecule has 1 saturated heterocycles. The van der Waals surface area contributed by atoms with Gasteiger partial charge in [-0.1, -0.05) is 11.6 Å². The monoisotopic (exact) mass is 405 g/mol. The average Bonchev–Trinajstić information content (AvgIpc) is 2.56. The SMILES string of the molecule is CN1CCC(CCNC(=O)CN(c2ccc(F)c(Cl)c2)S(C)(=O)=O)CC1. The van der Waals surface area contributed by atoms with E-state index in [1.807, 2.05) is 0 Å². The number of rotatable bonds is 7. The Morgan fingerprint density at radius 3 is 2.62 bits per heavy atom. The third kappa shape index (κ3) is 6.10. The third-order valence-electron chi connectivity index (χ3n) is 4.59. The van der Waals surface area contributed by atoms with Crippen molar-refractivity contribution in [2.45, 2.75) is 19.3 Å². The number of carbonyl (C=O) groups is 1. The minimum Gasteiger partial charge on any atom is -0.355 e. The predicted octanol–water partition coefficient (Wildman–Crippen LogP) is 2.09. The van der Waals surface area contributed by atoms with E-state index in [0.29, 0.717) is 12.5 Å². The number of nitrogens with zero attached hydrogens (tertiary/aromatic N) is 2. The molecule has 0 radical (unpaired) electrons. The number of hydrogen-bond donors (Lipinski definition) is 1. The van der Waals surface area contributed by atoms with Crippen LogP contribution in [0.2, 0.25) is 5.02 Å². The highest BCUT2D eigenvalue weighted by Gasteiger charge is 2.22. The Bertz CT molecular complexity index is 737. The molecule has 9 heteroatoms. The maximum Gasteiger partial charge on any atom is 0.240 e. The van der Waals surface area contributed by atoms with E-state index in [1.54, 1.807) is 0 Å². The Morgan fingerprint density at radius 2 is 2.04 bits per heavy atom. The summed E-state index contributed by atoms with van der Waals surface area (Å²) in [5, 5.41) is 2.58. The van der Waals surface area contributed by atoms with Crippen molar-refractivity contribution in [2.24, 2.45) is 5.92 Å². The molecule has 2 rings (SSSR count). The van der Waals surface area contributed by atoms with E-state index in [0.717, 1.165) is 49.0 Å². The average molecular weight is 406 g/mol. The summed E-state index contributed by atoms with van der Waals surface area (Å²) < 4.78 is 38.3. The standard InChI is InChI=1S/C17H25ClFN3O3S/c1-21-9-6-13(7-10-21)5-8-20-17(23)12-22(26(2,24)25)14-3-4-16(19)15(18)11-14/h3-4,11,13H,5-10,12H2,1-2H3,(H,20,23). The number of nitrogens with one attached hydrogen (secondary N) is 1. The van der Waals surface area contributed by atoms with Crippen LogP contribution in [0.15, 0.2) is 18.2 Å². The Hall–Kier alpha value is -1.38. The van der Waals surface area contributed by atoms with Crippen molar-refractivity contribution < 1.29 is 17.6 Å². The Labute approximate surface area is 159 Å². The largest absolute Gasteiger partial charge is 0.355 e. The molecular weight excluding hydrogens is 381 g/mol. The Morgan fingerprint density at radius 1 is 1.38 bits per heavy atom. The zero-order chi connectivity index (χ0) is 19.3. The molecule has 0 saturated carbocycles. The first-order valence-corrected chi connectivity index (χ1v) is 10.8. The van der Waals surface area contributed by atoms with E-state index >= 15 is 0 Å². The molecule has 1 amide bonds. The summed E-state index contributed by atoms with van der Waals surface area (Å²) in [6.07, 6.45) is 4.09. The van der Waals surface area contributed by atoms with Crippen molar-refractivity contribution in [1.29, 1.82) is 0 Å². The molecule has 26 heavy (non-hydrogen) atoms. The summed E-state index contributed by atoms with van der Waals surface area (Å²) in [6, 6.07) is 3.56. The molecule has 1 aromatic rings. The molecule has 1 aromatic carbocycles. The predicted molar refractivity (Wildman–Crippen MR) is 101 cm³/mol. The first kappa shape index (κ1) is 20.9. The van der Waals surface area contributed by atoms with Gasteiger partial charge in [0.05, 0.1) is 17.0 Å². The van der Waals surface area contributed by atoms with Gasteiger partial charge in [-0.25, -0.2) is 12.8 Å². The van der Waals surface area contributed by atoms with Gasteiger partial charge in [0.2, 0.25) is 15.9 Å². The van der Waals surface area contributed by atoms with Gasteiger partial charge in [-0.2, -0.15) is 0 Å². The van der Waals surface area contributed by atoms with Gasteiger partial charge in [-0.15, -0.1) is 0 Å². The van der Waals surface area contributed by atoms with Crippen LogP contribution in [0.4, 0.5) is 10.1 Å². The number of piperidine rings is 1. The van der Waals surface area contributed by atoms with Crippen molar-refractivity contribution in [3.8, 4) is 0 Å². The molecule has 1 aliphatic heterocycles. The van der Waals surface area contributed by atoms with Crippen molar-refractivity contribution in [3.63, 3.8) is 0 Å². The Balaban J connectivity index is 1.91. The van der Waals surface area contributed by atoms with Crippen molar-refractivity contribution in [2.75, 3.05) is 43.8 Å². The first-order chi connectivity index (χ1) is 12.2. The summed E-state index contributed by atoms with van der Waals surface area (Å²) in [4.78, 5) is 14.5. The van der Waals surface area contributed by atoms with Gasteiger partial charge >= 0.3 is 0 Å². The topological polar surface area (TPSA) is 69.7 Å². The van der Waals surface area contributed by atoms with E-state index in [4.69, 9.17) is 11.6 Å². The van der Waals surface area contributed by atoms with Crippen LogP contribution < -0.4 is 9.62 Å². The van der Waals surface area contributed by atoms with Crippen LogP contribution in [0, 0.1) is 11.7 Å². The lowest BCUT2D eigenvalue weighted by atomic mass is 9.94. The maximum atomic E-state index is 13.3. The molecule has 0 bridgehead atoms. The highest BCUT2D eigenvalue weighted by molar-refractivity contribution is 7.92. The number of anilines is 1. The lowest BCUT2D eigenvalue weighted by Gasteiger charge is -2.29. The summed E-state index contributed by atoms with van der Waals surface area (Å²) in [5.41, 5.74) is 0.157. The van der Waals surface area contributed by atoms with Gasteiger partial charge in [0.1, 0.15) is 12.4 Å². The molecule has 0 aliphatic carbocycles. The third-order valence-corrected chi connectivity index (χ3v) is 6.02. The van der Waals surface area contributed by atoms with E-state index < -0.39 is 21.7 Å². The highest BCUT2D eigenvalue weighted by atomic mass is 35.5. The molecule has 1 fully saturated rings. The molecule has 1 aliphatic rings. The van der Waals surface area contributed by atoms with E-state index in [2.05, 4.69) is 17.3 Å². The second-order valence-electron chi connectivity index (χ2n) is 6.75. The molecule has 0 spiro atoms. The summed E-state index contributed by atoms with van der Waals surface area (Å²) in [5.74, 6) is -0.469. The fourth-order valence-electron chi connectivity index (χ4n) is 2.99. The molecule has 6 nitrogen and oxygen atoms in total. The van der Waals surface area contributed by atoms with Crippen LogP contribution in [0.25, 0.3) is 0 Å². The second kappa shape index (κ2) is 9.01. The zero-order valence-electron chi connectivity index (χ0n) is 15.0. The van der Waals surface area contributed by atoms with Gasteiger partial charge in [0.25, 0.3) is 0 Å². The number of sulfonamides is 1. The highest BCUT2D eigenvalue weighted by Crippen LogP contribution is 2.24. The van der Waals surface area contributed by atoms with Crippen molar-refractivity contribution >= 4 is 33.2 Å². The van der Waals surface area contributed by atoms with Gasteiger partial charge in [0, 0.05) is 6.54 Å². The molecule has 1 heterocycles. The number of carbonyl (C=O) groups excluding carboxylic acids is 1. The van der Waals surface area contributed by atoms with Gasteiger partial charge in [0.15, 0.2) is 0 Å². The quantitative estimate of drug-likeness (QED) is 0.754. The molecule has 0 unspecified atom stereocenters. The van der Waals surface area contributed by atoms with Gasteiger partial charge in [-0.3, -0.25) is 9.10 Å². The fraction of sp³-hybridized carbons (Fsp3) is 0.588. The molecule has 146 valence electrons. The lowest BCUT2D eigenvalue weighted by molar-refractivity contribution is -0.119. The summed E-state index contributed by atoms with van der Waals surface area (Å²) in [7, 11) is -1.61. The number of likely N-dealkylation sites (tertiary alicyclic amines) is 1. The first-order valence-electron chi connectivity index (χ1n) is 8.55. The Kier molecular flexibility index (Phi) is 7.25. The van der Waals surface area contributed by atoms with Crippen LogP contribution in [-0.4, -0.2) is 58.7 Å². The van der Waals surface area contributed by atoms with Crippen LogP contribution >= 0.6 is 11.6 Å². The summed E-state index contributed by atoms with van der Waals surface area (Å²) >= 11 is 5.72. The van der Waals surface area contributed by atoms with E-state index in [-0.39, 0.29) is 17.3 Å². The number of halogens is 2. The number of benzene rings is 1. The lowest BCUT2D eigenvalue weighted by Crippen LogP contribution is -2.41. The van der Waals surface area contributed by atoms with Gasteiger partial charge < -0.3 is 10.2 Å².